The molecule has 0 radical (unpaired) electrons. The SMILES string of the molecule is CCC(=O)Nc1cc(N)cc(F)c1. The van der Waals surface area contributed by atoms with Crippen molar-refractivity contribution in [2.75, 3.05) is 11.1 Å². The van der Waals surface area contributed by atoms with Gasteiger partial charge in [0.1, 0.15) is 5.82 Å². The van der Waals surface area contributed by atoms with Crippen molar-refractivity contribution in [3.8, 4) is 0 Å². The number of hydrogen-bond acceptors (Lipinski definition) is 2. The number of nitrogen functional groups attached to an aromatic ring is 1. The molecule has 0 aliphatic heterocycles. The number of anilines is 2. The van der Waals surface area contributed by atoms with E-state index in [2.05, 4.69) is 5.32 Å². The minimum absolute atomic E-state index is 0.162. The average Bonchev–Trinajstić information content (AvgIpc) is 2.02. The molecule has 0 bridgehead atoms. The van der Waals surface area contributed by atoms with E-state index in [1.807, 2.05) is 0 Å². The first-order chi connectivity index (χ1) is 6.11. The molecule has 0 heterocycles. The number of benzene rings is 1. The van der Waals surface area contributed by atoms with Gasteiger partial charge >= 0.3 is 0 Å². The summed E-state index contributed by atoms with van der Waals surface area (Å²) in [4.78, 5) is 10.9. The fourth-order valence-electron chi connectivity index (χ4n) is 0.934. The van der Waals surface area contributed by atoms with Gasteiger partial charge in [-0.2, -0.15) is 0 Å². The molecule has 0 unspecified atom stereocenters. The first-order valence-corrected chi connectivity index (χ1v) is 3.97. The molecule has 3 nitrogen and oxygen atoms in total. The Bertz CT molecular complexity index is 305. The van der Waals surface area contributed by atoms with Gasteiger partial charge in [0.05, 0.1) is 0 Å². The maximum atomic E-state index is 12.8. The van der Waals surface area contributed by atoms with Crippen LogP contribution in [0.25, 0.3) is 0 Å². The van der Waals surface area contributed by atoms with Crippen LogP contribution in [-0.2, 0) is 4.79 Å². The normalized spacial score (nSPS) is 9.69. The summed E-state index contributed by atoms with van der Waals surface area (Å²) < 4.78 is 12.8. The van der Waals surface area contributed by atoms with Gasteiger partial charge in [-0.15, -0.1) is 0 Å². The largest absolute Gasteiger partial charge is 0.399 e. The lowest BCUT2D eigenvalue weighted by molar-refractivity contribution is -0.115. The zero-order valence-corrected chi connectivity index (χ0v) is 7.30. The van der Waals surface area contributed by atoms with E-state index in [1.54, 1.807) is 6.92 Å². The summed E-state index contributed by atoms with van der Waals surface area (Å²) >= 11 is 0. The lowest BCUT2D eigenvalue weighted by Gasteiger charge is -2.04. The second-order valence-corrected chi connectivity index (χ2v) is 2.67. The highest BCUT2D eigenvalue weighted by molar-refractivity contribution is 5.90. The third-order valence-electron chi connectivity index (χ3n) is 1.52. The molecule has 0 fully saturated rings. The van der Waals surface area contributed by atoms with Gasteiger partial charge in [-0.25, -0.2) is 4.39 Å². The molecule has 0 aliphatic rings. The Morgan fingerprint density at radius 3 is 2.77 bits per heavy atom. The van der Waals surface area contributed by atoms with E-state index in [-0.39, 0.29) is 5.91 Å². The lowest BCUT2D eigenvalue weighted by Crippen LogP contribution is -2.09. The van der Waals surface area contributed by atoms with Crippen LogP contribution in [0.2, 0.25) is 0 Å². The molecule has 1 rings (SSSR count). The molecule has 13 heavy (non-hydrogen) atoms. The predicted octanol–water partition coefficient (Wildman–Crippen LogP) is 1.76. The third-order valence-corrected chi connectivity index (χ3v) is 1.52. The maximum Gasteiger partial charge on any atom is 0.224 e. The summed E-state index contributed by atoms with van der Waals surface area (Å²) in [5.74, 6) is -0.614. The summed E-state index contributed by atoms with van der Waals surface area (Å²) in [7, 11) is 0. The predicted molar refractivity (Wildman–Crippen MR) is 49.7 cm³/mol. The van der Waals surface area contributed by atoms with E-state index in [0.717, 1.165) is 0 Å². The van der Waals surface area contributed by atoms with E-state index in [1.165, 1.54) is 18.2 Å². The Morgan fingerprint density at radius 1 is 1.54 bits per heavy atom. The molecule has 1 aromatic rings. The van der Waals surface area contributed by atoms with Gasteiger partial charge < -0.3 is 11.1 Å². The van der Waals surface area contributed by atoms with Crippen molar-refractivity contribution in [3.63, 3.8) is 0 Å². The Labute approximate surface area is 75.7 Å². The summed E-state index contributed by atoms with van der Waals surface area (Å²) in [6.07, 6.45) is 0.358. The Hall–Kier alpha value is -1.58. The molecule has 0 spiro atoms. The van der Waals surface area contributed by atoms with Crippen molar-refractivity contribution in [1.82, 2.24) is 0 Å². The van der Waals surface area contributed by atoms with Crippen LogP contribution in [0.3, 0.4) is 0 Å². The average molecular weight is 182 g/mol. The second-order valence-electron chi connectivity index (χ2n) is 2.67. The number of hydrogen-bond donors (Lipinski definition) is 2. The van der Waals surface area contributed by atoms with E-state index in [0.29, 0.717) is 17.8 Å². The van der Waals surface area contributed by atoms with Gasteiger partial charge in [0.15, 0.2) is 0 Å². The maximum absolute atomic E-state index is 12.8. The fourth-order valence-corrected chi connectivity index (χ4v) is 0.934. The fraction of sp³-hybridized carbons (Fsp3) is 0.222. The van der Waals surface area contributed by atoms with Crippen LogP contribution < -0.4 is 11.1 Å². The van der Waals surface area contributed by atoms with Crippen LogP contribution in [0.1, 0.15) is 13.3 Å². The molecule has 0 atom stereocenters. The molecule has 4 heteroatoms. The lowest BCUT2D eigenvalue weighted by atomic mass is 10.2. The van der Waals surface area contributed by atoms with Crippen LogP contribution in [0.4, 0.5) is 15.8 Å². The topological polar surface area (TPSA) is 55.1 Å². The van der Waals surface area contributed by atoms with Crippen LogP contribution in [0, 0.1) is 5.82 Å². The second kappa shape index (κ2) is 3.89. The minimum Gasteiger partial charge on any atom is -0.399 e. The summed E-state index contributed by atoms with van der Waals surface area (Å²) in [6, 6.07) is 3.93. The van der Waals surface area contributed by atoms with E-state index in [9.17, 15) is 9.18 Å². The van der Waals surface area contributed by atoms with Crippen LogP contribution >= 0.6 is 0 Å². The summed E-state index contributed by atoms with van der Waals surface area (Å²) in [5.41, 5.74) is 6.08. The molecule has 0 aliphatic carbocycles. The highest BCUT2D eigenvalue weighted by Gasteiger charge is 2.01. The molecule has 0 aromatic heterocycles. The zero-order chi connectivity index (χ0) is 9.84. The number of carbonyl (C=O) groups is 1. The summed E-state index contributed by atoms with van der Waals surface area (Å²) in [5, 5.41) is 2.51. The first kappa shape index (κ1) is 9.51. The third kappa shape index (κ3) is 2.74. The summed E-state index contributed by atoms with van der Waals surface area (Å²) in [6.45, 7) is 1.72. The molecular weight excluding hydrogens is 171 g/mol. The van der Waals surface area contributed by atoms with E-state index >= 15 is 0 Å². The van der Waals surface area contributed by atoms with Gasteiger partial charge in [-0.3, -0.25) is 4.79 Å². The van der Waals surface area contributed by atoms with Crippen LogP contribution in [0.5, 0.6) is 0 Å². The standard InChI is InChI=1S/C9H11FN2O/c1-2-9(13)12-8-4-6(10)3-7(11)5-8/h3-5H,2,11H2,1H3,(H,12,13). The molecular formula is C9H11FN2O. The van der Waals surface area contributed by atoms with E-state index < -0.39 is 5.82 Å². The van der Waals surface area contributed by atoms with Crippen molar-refractivity contribution in [2.45, 2.75) is 13.3 Å². The van der Waals surface area contributed by atoms with Crippen molar-refractivity contribution in [3.05, 3.63) is 24.0 Å². The Balaban J connectivity index is 2.83. The smallest absolute Gasteiger partial charge is 0.224 e. The molecule has 0 saturated carbocycles. The molecule has 70 valence electrons. The number of nitrogens with one attached hydrogen (secondary N) is 1. The molecule has 1 amide bonds. The van der Waals surface area contributed by atoms with Gasteiger partial charge in [-0.1, -0.05) is 6.92 Å². The number of carbonyl (C=O) groups excluding carboxylic acids is 1. The van der Waals surface area contributed by atoms with Crippen LogP contribution in [0.15, 0.2) is 18.2 Å². The molecule has 0 saturated heterocycles. The molecule has 1 aromatic carbocycles. The van der Waals surface area contributed by atoms with Crippen LogP contribution in [-0.4, -0.2) is 5.91 Å². The Morgan fingerprint density at radius 2 is 2.23 bits per heavy atom. The monoisotopic (exact) mass is 182 g/mol. The number of amides is 1. The van der Waals surface area contributed by atoms with Gasteiger partial charge in [0, 0.05) is 17.8 Å². The highest BCUT2D eigenvalue weighted by Crippen LogP contribution is 2.15. The van der Waals surface area contributed by atoms with Gasteiger partial charge in [0.25, 0.3) is 0 Å². The minimum atomic E-state index is -0.452. The van der Waals surface area contributed by atoms with Crippen molar-refractivity contribution < 1.29 is 9.18 Å². The molecule has 3 N–H and O–H groups in total. The highest BCUT2D eigenvalue weighted by atomic mass is 19.1. The van der Waals surface area contributed by atoms with Crippen molar-refractivity contribution in [1.29, 1.82) is 0 Å². The van der Waals surface area contributed by atoms with Crippen molar-refractivity contribution >= 4 is 17.3 Å². The van der Waals surface area contributed by atoms with Gasteiger partial charge in [0.2, 0.25) is 5.91 Å². The van der Waals surface area contributed by atoms with Gasteiger partial charge in [-0.05, 0) is 18.2 Å². The number of halogens is 1. The number of rotatable bonds is 2. The van der Waals surface area contributed by atoms with Crippen molar-refractivity contribution in [2.24, 2.45) is 0 Å². The first-order valence-electron chi connectivity index (χ1n) is 3.97. The Kier molecular flexibility index (Phi) is 2.84. The van der Waals surface area contributed by atoms with E-state index in [4.69, 9.17) is 5.73 Å². The zero-order valence-electron chi connectivity index (χ0n) is 7.30. The quantitative estimate of drug-likeness (QED) is 0.684. The number of nitrogens with two attached hydrogens (primary N) is 1.